The number of carbonyl (C=O) groups excluding carboxylic acids is 1. The molecule has 7 nitrogen and oxygen atoms in total. The lowest BCUT2D eigenvalue weighted by atomic mass is 9.99. The minimum absolute atomic E-state index is 0.117. The molecular weight excluding hydrogens is 400 g/mol. The number of benzene rings is 2. The first-order valence-corrected chi connectivity index (χ1v) is 11.3. The van der Waals surface area contributed by atoms with Gasteiger partial charge in [-0.2, -0.15) is 4.68 Å². The van der Waals surface area contributed by atoms with Crippen molar-refractivity contribution in [2.75, 3.05) is 24.5 Å². The maximum Gasteiger partial charge on any atom is 0.251 e. The van der Waals surface area contributed by atoms with Crippen molar-refractivity contribution >= 4 is 17.6 Å². The van der Waals surface area contributed by atoms with Crippen molar-refractivity contribution in [3.8, 4) is 0 Å². The molecule has 1 fully saturated rings. The number of hydrogen-bond donors (Lipinski definition) is 0. The Bertz CT molecular complexity index is 1130. The van der Waals surface area contributed by atoms with Crippen molar-refractivity contribution in [3.63, 3.8) is 0 Å². The third-order valence-corrected chi connectivity index (χ3v) is 6.36. The number of carbonyl (C=O) groups is 1. The van der Waals surface area contributed by atoms with Crippen LogP contribution in [0.2, 0.25) is 0 Å². The molecule has 164 valence electrons. The Morgan fingerprint density at radius 1 is 0.938 bits per heavy atom. The molecule has 0 radical (unpaired) electrons. The van der Waals surface area contributed by atoms with Gasteiger partial charge in [0, 0.05) is 13.1 Å². The second-order valence-corrected chi connectivity index (χ2v) is 8.72. The van der Waals surface area contributed by atoms with Gasteiger partial charge in [-0.15, -0.1) is 0 Å². The van der Waals surface area contributed by atoms with E-state index in [4.69, 9.17) is 0 Å². The average Bonchev–Trinajstić information content (AvgIpc) is 3.31. The molecule has 0 bridgehead atoms. The topological polar surface area (TPSA) is 67.2 Å². The van der Waals surface area contributed by atoms with Gasteiger partial charge in [-0.25, -0.2) is 0 Å². The summed E-state index contributed by atoms with van der Waals surface area (Å²) in [6.07, 6.45) is 5.50. The highest BCUT2D eigenvalue weighted by Gasteiger charge is 2.33. The van der Waals surface area contributed by atoms with Gasteiger partial charge in [0.2, 0.25) is 5.91 Å². The zero-order valence-electron chi connectivity index (χ0n) is 18.6. The van der Waals surface area contributed by atoms with Crippen molar-refractivity contribution in [1.82, 2.24) is 25.1 Å². The van der Waals surface area contributed by atoms with E-state index in [-0.39, 0.29) is 18.5 Å². The third-order valence-electron chi connectivity index (χ3n) is 6.36. The summed E-state index contributed by atoms with van der Waals surface area (Å²) >= 11 is 0. The fourth-order valence-corrected chi connectivity index (χ4v) is 4.48. The number of aryl methyl sites for hydroxylation is 2. The summed E-state index contributed by atoms with van der Waals surface area (Å²) < 4.78 is 1.81. The van der Waals surface area contributed by atoms with E-state index < -0.39 is 0 Å². The van der Waals surface area contributed by atoms with Crippen molar-refractivity contribution in [1.29, 1.82) is 0 Å². The van der Waals surface area contributed by atoms with E-state index in [0.717, 1.165) is 42.8 Å². The lowest BCUT2D eigenvalue weighted by Crippen LogP contribution is -2.44. The van der Waals surface area contributed by atoms with Crippen molar-refractivity contribution in [2.45, 2.75) is 39.2 Å². The monoisotopic (exact) mass is 428 g/mol. The number of aromatic nitrogens is 4. The lowest BCUT2D eigenvalue weighted by molar-refractivity contribution is -0.130. The Morgan fingerprint density at radius 2 is 1.59 bits per heavy atom. The van der Waals surface area contributed by atoms with Gasteiger partial charge in [0.25, 0.3) is 5.95 Å². The highest BCUT2D eigenvalue weighted by molar-refractivity contribution is 5.89. The predicted octanol–water partition coefficient (Wildman–Crippen LogP) is 3.75. The normalized spacial score (nSPS) is 18.3. The fraction of sp³-hybridized carbons (Fsp3) is 0.360. The number of rotatable bonds is 4. The van der Waals surface area contributed by atoms with E-state index in [9.17, 15) is 4.79 Å². The Balaban J connectivity index is 1.56. The third kappa shape index (κ3) is 3.90. The number of hydrogen-bond acceptors (Lipinski definition) is 5. The smallest absolute Gasteiger partial charge is 0.251 e. The number of fused-ring (bicyclic) bond motifs is 1. The van der Waals surface area contributed by atoms with E-state index in [1.807, 2.05) is 14.5 Å². The van der Waals surface area contributed by atoms with Crippen LogP contribution in [0.4, 0.5) is 5.95 Å². The van der Waals surface area contributed by atoms with Gasteiger partial charge >= 0.3 is 0 Å². The number of nitrogens with zero attached hydrogens (tertiary/aromatic N) is 6. The van der Waals surface area contributed by atoms with Gasteiger partial charge < -0.3 is 4.90 Å². The highest BCUT2D eigenvalue weighted by Crippen LogP contribution is 2.36. The zero-order chi connectivity index (χ0) is 22.1. The summed E-state index contributed by atoms with van der Waals surface area (Å²) in [7, 11) is 0. The van der Waals surface area contributed by atoms with E-state index in [0.29, 0.717) is 5.95 Å². The van der Waals surface area contributed by atoms with Crippen LogP contribution >= 0.6 is 0 Å². The van der Waals surface area contributed by atoms with Crippen molar-refractivity contribution < 1.29 is 4.79 Å². The van der Waals surface area contributed by atoms with Crippen LogP contribution in [0.1, 0.15) is 47.6 Å². The second-order valence-electron chi connectivity index (χ2n) is 8.72. The zero-order valence-corrected chi connectivity index (χ0v) is 18.6. The van der Waals surface area contributed by atoms with Crippen molar-refractivity contribution in [2.24, 2.45) is 0 Å². The SMILES string of the molecule is Cc1ccc(C2=C[C@H](c3ccc(C)cc3)n3nnnc3N2CC(=O)N2CCCCC2)cc1. The molecule has 1 saturated heterocycles. The molecule has 0 aliphatic carbocycles. The van der Waals surface area contributed by atoms with Crippen molar-refractivity contribution in [3.05, 3.63) is 76.9 Å². The van der Waals surface area contributed by atoms with Gasteiger partial charge in [0.1, 0.15) is 12.6 Å². The molecule has 3 heterocycles. The quantitative estimate of drug-likeness (QED) is 0.633. The first kappa shape index (κ1) is 20.4. The van der Waals surface area contributed by atoms with Gasteiger partial charge in [-0.05, 0) is 60.7 Å². The molecule has 32 heavy (non-hydrogen) atoms. The fourth-order valence-electron chi connectivity index (χ4n) is 4.48. The molecule has 0 spiro atoms. The van der Waals surface area contributed by atoms with Gasteiger partial charge in [-0.1, -0.05) is 64.8 Å². The van der Waals surface area contributed by atoms with Crippen LogP contribution in [0.15, 0.2) is 54.6 Å². The number of allylic oxidation sites excluding steroid dienone is 1. The molecule has 0 saturated carbocycles. The first-order chi connectivity index (χ1) is 15.6. The van der Waals surface area contributed by atoms with Crippen LogP contribution in [0, 0.1) is 13.8 Å². The highest BCUT2D eigenvalue weighted by atomic mass is 16.2. The van der Waals surface area contributed by atoms with E-state index in [2.05, 4.69) is 84.0 Å². The second kappa shape index (κ2) is 8.57. The van der Waals surface area contributed by atoms with Gasteiger partial charge in [-0.3, -0.25) is 9.69 Å². The van der Waals surface area contributed by atoms with Crippen LogP contribution in [0.25, 0.3) is 5.70 Å². The van der Waals surface area contributed by atoms with E-state index in [1.165, 1.54) is 17.5 Å². The number of piperidine rings is 1. The molecule has 0 unspecified atom stereocenters. The van der Waals surface area contributed by atoms with Crippen LogP contribution in [-0.4, -0.2) is 50.6 Å². The molecule has 0 N–H and O–H groups in total. The first-order valence-electron chi connectivity index (χ1n) is 11.3. The summed E-state index contributed by atoms with van der Waals surface area (Å²) in [5, 5.41) is 12.6. The average molecular weight is 429 g/mol. The predicted molar refractivity (Wildman–Crippen MR) is 124 cm³/mol. The molecular formula is C25H28N6O. The summed E-state index contributed by atoms with van der Waals surface area (Å²) in [6, 6.07) is 16.7. The molecule has 7 heteroatoms. The maximum atomic E-state index is 13.2. The van der Waals surface area contributed by atoms with Gasteiger partial charge in [0.15, 0.2) is 0 Å². The Kier molecular flexibility index (Phi) is 5.47. The molecule has 2 aromatic carbocycles. The van der Waals surface area contributed by atoms with Gasteiger partial charge in [0.05, 0.1) is 5.70 Å². The molecule has 2 aliphatic heterocycles. The molecule has 5 rings (SSSR count). The van der Waals surface area contributed by atoms with Crippen LogP contribution in [-0.2, 0) is 4.79 Å². The lowest BCUT2D eigenvalue weighted by Gasteiger charge is -2.35. The van der Waals surface area contributed by atoms with Crippen LogP contribution in [0.5, 0.6) is 0 Å². The largest absolute Gasteiger partial charge is 0.341 e. The summed E-state index contributed by atoms with van der Waals surface area (Å²) in [4.78, 5) is 17.1. The molecule has 3 aromatic rings. The number of tetrazole rings is 1. The minimum Gasteiger partial charge on any atom is -0.341 e. The summed E-state index contributed by atoms with van der Waals surface area (Å²) in [6.45, 7) is 6.03. The Hall–Kier alpha value is -3.48. The number of amides is 1. The minimum atomic E-state index is -0.141. The summed E-state index contributed by atoms with van der Waals surface area (Å²) in [5.41, 5.74) is 5.52. The molecule has 1 atom stereocenters. The molecule has 2 aliphatic rings. The maximum absolute atomic E-state index is 13.2. The number of anilines is 1. The van der Waals surface area contributed by atoms with E-state index in [1.54, 1.807) is 0 Å². The number of likely N-dealkylation sites (tertiary alicyclic amines) is 1. The molecule has 1 aromatic heterocycles. The van der Waals surface area contributed by atoms with Crippen LogP contribution < -0.4 is 4.90 Å². The standard InChI is InChI=1S/C25H28N6O/c1-18-6-10-20(11-7-18)22-16-23(21-12-8-19(2)9-13-21)31-25(26-27-28-31)30(22)17-24(32)29-14-4-3-5-15-29/h6-13,16,23H,3-5,14-15,17H2,1-2H3/t23-/m1/s1. The Labute approximate surface area is 188 Å². The van der Waals surface area contributed by atoms with Crippen LogP contribution in [0.3, 0.4) is 0 Å². The molecule has 1 amide bonds. The Morgan fingerprint density at radius 3 is 2.28 bits per heavy atom. The summed E-state index contributed by atoms with van der Waals surface area (Å²) in [5.74, 6) is 0.713. The van der Waals surface area contributed by atoms with E-state index >= 15 is 0 Å².